The molecule has 3 N–H and O–H groups in total. The van der Waals surface area contributed by atoms with Crippen molar-refractivity contribution in [2.24, 2.45) is 11.7 Å². The summed E-state index contributed by atoms with van der Waals surface area (Å²) in [5, 5.41) is 16.3. The van der Waals surface area contributed by atoms with Crippen LogP contribution in [-0.2, 0) is 5.54 Å². The van der Waals surface area contributed by atoms with Gasteiger partial charge in [0.2, 0.25) is 0 Å². The predicted molar refractivity (Wildman–Crippen MR) is 139 cm³/mol. The first-order valence-corrected chi connectivity index (χ1v) is 12.1. The van der Waals surface area contributed by atoms with Crippen LogP contribution in [0.4, 0.5) is 0 Å². The zero-order valence-electron chi connectivity index (χ0n) is 20.2. The van der Waals surface area contributed by atoms with Crippen LogP contribution in [0.2, 0.25) is 0 Å². The van der Waals surface area contributed by atoms with E-state index >= 15 is 0 Å². The first kappa shape index (κ1) is 21.9. The fraction of sp³-hybridized carbons (Fsp3) is 0.276. The predicted octanol–water partition coefficient (Wildman–Crippen LogP) is 5.25. The van der Waals surface area contributed by atoms with E-state index in [0.717, 1.165) is 50.3 Å². The second-order valence-electron chi connectivity index (χ2n) is 10.3. The summed E-state index contributed by atoms with van der Waals surface area (Å²) in [6.07, 6.45) is 3.01. The van der Waals surface area contributed by atoms with Crippen LogP contribution in [-0.4, -0.2) is 30.3 Å². The molecule has 3 aromatic heterocycles. The summed E-state index contributed by atoms with van der Waals surface area (Å²) in [5.74, 6) is 0.186. The van der Waals surface area contributed by atoms with E-state index in [-0.39, 0.29) is 5.92 Å². The van der Waals surface area contributed by atoms with Crippen LogP contribution in [0.5, 0.6) is 0 Å². The van der Waals surface area contributed by atoms with Gasteiger partial charge in [0.05, 0.1) is 17.0 Å². The van der Waals surface area contributed by atoms with Gasteiger partial charge in [0, 0.05) is 34.3 Å². The molecule has 6 rings (SSSR count). The van der Waals surface area contributed by atoms with Gasteiger partial charge in [0.1, 0.15) is 0 Å². The third kappa shape index (κ3) is 3.52. The lowest BCUT2D eigenvalue weighted by atomic mass is 9.58. The second-order valence-corrected chi connectivity index (χ2v) is 10.3. The highest BCUT2D eigenvalue weighted by molar-refractivity contribution is 5.90. The maximum atomic E-state index is 10.8. The fourth-order valence-electron chi connectivity index (χ4n) is 5.32. The Morgan fingerprint density at radius 2 is 1.69 bits per heavy atom. The highest BCUT2D eigenvalue weighted by Gasteiger charge is 2.53. The monoisotopic (exact) mass is 463 g/mol. The van der Waals surface area contributed by atoms with E-state index in [1.807, 2.05) is 55.7 Å². The SMILES string of the molecule is Cc1cc2ncc3cc(-c4ccccc4)c(-c4ccc([C@]5(N)C[C@@](O)(C(C)C)C5)cc4)nc3n2n1. The van der Waals surface area contributed by atoms with Crippen molar-refractivity contribution in [1.29, 1.82) is 0 Å². The number of benzene rings is 2. The summed E-state index contributed by atoms with van der Waals surface area (Å²) in [7, 11) is 0. The van der Waals surface area contributed by atoms with E-state index in [4.69, 9.17) is 10.7 Å². The molecular formula is C29H29N5O. The quantitative estimate of drug-likeness (QED) is 0.380. The maximum absolute atomic E-state index is 10.8. The molecule has 3 heterocycles. The van der Waals surface area contributed by atoms with E-state index in [2.05, 4.69) is 52.5 Å². The summed E-state index contributed by atoms with van der Waals surface area (Å²) >= 11 is 0. The molecule has 2 aromatic carbocycles. The van der Waals surface area contributed by atoms with Crippen LogP contribution in [0.1, 0.15) is 37.9 Å². The average molecular weight is 464 g/mol. The average Bonchev–Trinajstić information content (AvgIpc) is 3.23. The fourth-order valence-corrected chi connectivity index (χ4v) is 5.32. The van der Waals surface area contributed by atoms with Gasteiger partial charge in [-0.25, -0.2) is 9.97 Å². The molecule has 0 aliphatic heterocycles. The molecule has 176 valence electrons. The third-order valence-corrected chi connectivity index (χ3v) is 7.52. The molecule has 0 atom stereocenters. The van der Waals surface area contributed by atoms with Gasteiger partial charge >= 0.3 is 0 Å². The number of hydrogen-bond acceptors (Lipinski definition) is 5. The molecule has 0 unspecified atom stereocenters. The number of hydrogen-bond donors (Lipinski definition) is 2. The molecule has 0 saturated heterocycles. The molecule has 0 bridgehead atoms. The van der Waals surface area contributed by atoms with Crippen LogP contribution < -0.4 is 5.73 Å². The van der Waals surface area contributed by atoms with Crippen LogP contribution in [0.3, 0.4) is 0 Å². The van der Waals surface area contributed by atoms with Gasteiger partial charge in [-0.3, -0.25) is 0 Å². The lowest BCUT2D eigenvalue weighted by Gasteiger charge is -2.53. The van der Waals surface area contributed by atoms with Gasteiger partial charge in [-0.2, -0.15) is 9.61 Å². The van der Waals surface area contributed by atoms with Crippen LogP contribution in [0, 0.1) is 12.8 Å². The summed E-state index contributed by atoms with van der Waals surface area (Å²) in [6, 6.07) is 22.7. The molecule has 1 aliphatic carbocycles. The first-order valence-electron chi connectivity index (χ1n) is 12.1. The Hall–Kier alpha value is -3.61. The summed E-state index contributed by atoms with van der Waals surface area (Å²) in [5.41, 5.74) is 13.0. The normalized spacial score (nSPS) is 22.1. The van der Waals surface area contributed by atoms with Crippen LogP contribution in [0.15, 0.2) is 72.9 Å². The Kier molecular flexibility index (Phi) is 4.82. The van der Waals surface area contributed by atoms with Crippen molar-refractivity contribution in [1.82, 2.24) is 19.6 Å². The minimum atomic E-state index is -0.685. The standard InChI is InChI=1S/C29H29N5O/c1-18(2)29(35)16-28(30,17-29)23-11-9-21(10-12-23)26-24(20-7-5-4-6-8-20)14-22-15-31-25-13-19(3)33-34(25)27(22)32-26/h4-15,18,35H,16-17,30H2,1-3H3/t28-,29-. The number of nitrogens with zero attached hydrogens (tertiary/aromatic N) is 4. The van der Waals surface area contributed by atoms with Gasteiger partial charge in [0.15, 0.2) is 11.3 Å². The number of nitrogens with two attached hydrogens (primary N) is 1. The summed E-state index contributed by atoms with van der Waals surface area (Å²) < 4.78 is 1.81. The third-order valence-electron chi connectivity index (χ3n) is 7.52. The largest absolute Gasteiger partial charge is 0.389 e. The Bertz CT molecular complexity index is 1550. The zero-order valence-corrected chi connectivity index (χ0v) is 20.2. The first-order chi connectivity index (χ1) is 16.8. The molecule has 6 heteroatoms. The number of aromatic nitrogens is 4. The van der Waals surface area contributed by atoms with E-state index in [0.29, 0.717) is 12.8 Å². The number of fused-ring (bicyclic) bond motifs is 3. The summed E-state index contributed by atoms with van der Waals surface area (Å²) in [6.45, 7) is 6.06. The van der Waals surface area contributed by atoms with Crippen molar-refractivity contribution in [3.05, 3.63) is 84.2 Å². The van der Waals surface area contributed by atoms with Crippen molar-refractivity contribution < 1.29 is 5.11 Å². The highest BCUT2D eigenvalue weighted by Crippen LogP contribution is 2.50. The van der Waals surface area contributed by atoms with Gasteiger partial charge in [-0.05, 0) is 42.9 Å². The second kappa shape index (κ2) is 7.70. The maximum Gasteiger partial charge on any atom is 0.165 e. The molecule has 1 saturated carbocycles. The van der Waals surface area contributed by atoms with E-state index in [1.165, 1.54) is 0 Å². The molecular weight excluding hydrogens is 434 g/mol. The van der Waals surface area contributed by atoms with Crippen molar-refractivity contribution >= 4 is 16.7 Å². The number of rotatable bonds is 4. The van der Waals surface area contributed by atoms with Crippen LogP contribution in [0.25, 0.3) is 39.1 Å². The lowest BCUT2D eigenvalue weighted by Crippen LogP contribution is -2.62. The minimum Gasteiger partial charge on any atom is -0.389 e. The molecule has 35 heavy (non-hydrogen) atoms. The lowest BCUT2D eigenvalue weighted by molar-refractivity contribution is -0.122. The van der Waals surface area contributed by atoms with Crippen molar-refractivity contribution in [3.8, 4) is 22.4 Å². The molecule has 1 fully saturated rings. The smallest absolute Gasteiger partial charge is 0.165 e. The van der Waals surface area contributed by atoms with Crippen molar-refractivity contribution in [2.75, 3.05) is 0 Å². The topological polar surface area (TPSA) is 89.3 Å². The number of pyridine rings is 1. The van der Waals surface area contributed by atoms with E-state index < -0.39 is 11.1 Å². The van der Waals surface area contributed by atoms with Crippen molar-refractivity contribution in [2.45, 2.75) is 44.8 Å². The molecule has 0 spiro atoms. The zero-order chi connectivity index (χ0) is 24.4. The Morgan fingerprint density at radius 1 is 0.971 bits per heavy atom. The molecule has 1 aliphatic rings. The Balaban J connectivity index is 1.48. The van der Waals surface area contributed by atoms with Gasteiger partial charge in [-0.1, -0.05) is 68.4 Å². The van der Waals surface area contributed by atoms with E-state index in [1.54, 1.807) is 0 Å². The number of aliphatic hydroxyl groups is 1. The van der Waals surface area contributed by atoms with Gasteiger partial charge in [-0.15, -0.1) is 0 Å². The highest BCUT2D eigenvalue weighted by atomic mass is 16.3. The molecule has 0 amide bonds. The van der Waals surface area contributed by atoms with Gasteiger partial charge < -0.3 is 10.8 Å². The van der Waals surface area contributed by atoms with Crippen molar-refractivity contribution in [3.63, 3.8) is 0 Å². The van der Waals surface area contributed by atoms with Gasteiger partial charge in [0.25, 0.3) is 0 Å². The molecule has 0 radical (unpaired) electrons. The molecule has 5 aromatic rings. The minimum absolute atomic E-state index is 0.186. The Labute approximate surface area is 204 Å². The Morgan fingerprint density at radius 3 is 2.37 bits per heavy atom. The van der Waals surface area contributed by atoms with E-state index in [9.17, 15) is 5.11 Å². The summed E-state index contributed by atoms with van der Waals surface area (Å²) in [4.78, 5) is 9.70. The molecule has 6 nitrogen and oxygen atoms in total. The van der Waals surface area contributed by atoms with Crippen LogP contribution >= 0.6 is 0 Å². The number of aryl methyl sites for hydroxylation is 1.